The average molecular weight is 463 g/mol. The summed E-state index contributed by atoms with van der Waals surface area (Å²) in [6.07, 6.45) is 2.27. The molecule has 0 aliphatic carbocycles. The maximum atomic E-state index is 13.2. The van der Waals surface area contributed by atoms with Crippen molar-refractivity contribution in [2.45, 2.75) is 19.4 Å². The Morgan fingerprint density at radius 3 is 2.93 bits per heavy atom. The average Bonchev–Trinajstić information content (AvgIpc) is 3.30. The van der Waals surface area contributed by atoms with E-state index in [0.717, 1.165) is 10.9 Å². The molecule has 0 bridgehead atoms. The van der Waals surface area contributed by atoms with Gasteiger partial charge in [-0.3, -0.25) is 4.79 Å². The van der Waals surface area contributed by atoms with Crippen LogP contribution in [0.25, 0.3) is 11.3 Å². The van der Waals surface area contributed by atoms with Crippen molar-refractivity contribution in [1.82, 2.24) is 15.0 Å². The molecule has 1 atom stereocenters. The third-order valence-corrected chi connectivity index (χ3v) is 5.57. The number of carbonyl (C=O) groups excluding carboxylic acids is 1. The van der Waals surface area contributed by atoms with Crippen molar-refractivity contribution in [1.29, 1.82) is 0 Å². The van der Waals surface area contributed by atoms with Crippen LogP contribution in [0.1, 0.15) is 22.5 Å². The Kier molecular flexibility index (Phi) is 5.37. The minimum absolute atomic E-state index is 0.126. The van der Waals surface area contributed by atoms with Crippen LogP contribution < -0.4 is 4.74 Å². The second kappa shape index (κ2) is 7.93. The van der Waals surface area contributed by atoms with Crippen LogP contribution in [0.2, 0.25) is 5.02 Å². The minimum atomic E-state index is -0.139. The molecule has 1 unspecified atom stereocenters. The van der Waals surface area contributed by atoms with Crippen molar-refractivity contribution in [3.63, 3.8) is 0 Å². The molecule has 2 aromatic heterocycles. The lowest BCUT2D eigenvalue weighted by molar-refractivity contribution is 0.0770. The molecule has 144 valence electrons. The number of benzene rings is 1. The van der Waals surface area contributed by atoms with Crippen molar-refractivity contribution in [3.8, 4) is 17.1 Å². The lowest BCUT2D eigenvalue weighted by Crippen LogP contribution is -2.31. The van der Waals surface area contributed by atoms with Crippen molar-refractivity contribution < 1.29 is 14.1 Å². The van der Waals surface area contributed by atoms with Crippen molar-refractivity contribution in [2.75, 3.05) is 13.1 Å². The van der Waals surface area contributed by atoms with E-state index >= 15 is 0 Å². The molecule has 1 aromatic carbocycles. The van der Waals surface area contributed by atoms with Gasteiger partial charge in [-0.1, -0.05) is 35.0 Å². The van der Waals surface area contributed by atoms with Crippen LogP contribution in [0.3, 0.4) is 0 Å². The molecule has 1 amide bonds. The number of likely N-dealkylation sites (tertiary alicyclic amines) is 1. The van der Waals surface area contributed by atoms with Crippen LogP contribution in [-0.4, -0.2) is 40.1 Å². The Bertz CT molecular complexity index is 1020. The summed E-state index contributed by atoms with van der Waals surface area (Å²) in [5.74, 6) is 0.858. The Balaban J connectivity index is 1.54. The van der Waals surface area contributed by atoms with E-state index in [9.17, 15) is 4.79 Å². The second-order valence-corrected chi connectivity index (χ2v) is 7.77. The number of pyridine rings is 1. The molecule has 8 heteroatoms. The number of nitrogens with zero attached hydrogens (tertiary/aromatic N) is 3. The smallest absolute Gasteiger partial charge is 0.259 e. The van der Waals surface area contributed by atoms with Gasteiger partial charge in [0.15, 0.2) is 0 Å². The molecule has 3 aromatic rings. The summed E-state index contributed by atoms with van der Waals surface area (Å²) in [6, 6.07) is 11.0. The van der Waals surface area contributed by atoms with E-state index in [-0.39, 0.29) is 12.0 Å². The number of carbonyl (C=O) groups is 1. The van der Waals surface area contributed by atoms with E-state index in [4.69, 9.17) is 20.9 Å². The number of rotatable bonds is 4. The van der Waals surface area contributed by atoms with Gasteiger partial charge >= 0.3 is 0 Å². The van der Waals surface area contributed by atoms with E-state index < -0.39 is 0 Å². The van der Waals surface area contributed by atoms with E-state index in [1.807, 2.05) is 30.3 Å². The molecule has 3 heterocycles. The summed E-state index contributed by atoms with van der Waals surface area (Å²) >= 11 is 9.72. The Morgan fingerprint density at radius 2 is 2.14 bits per heavy atom. The molecule has 1 aliphatic heterocycles. The van der Waals surface area contributed by atoms with Crippen LogP contribution >= 0.6 is 27.5 Å². The fourth-order valence-corrected chi connectivity index (χ4v) is 3.82. The molecule has 0 N–H and O–H groups in total. The zero-order valence-electron chi connectivity index (χ0n) is 15.1. The summed E-state index contributed by atoms with van der Waals surface area (Å²) in [5, 5.41) is 4.60. The molecular weight excluding hydrogens is 446 g/mol. The van der Waals surface area contributed by atoms with E-state index in [1.54, 1.807) is 24.1 Å². The van der Waals surface area contributed by atoms with Gasteiger partial charge in [0.2, 0.25) is 5.88 Å². The highest BCUT2D eigenvalue weighted by Gasteiger charge is 2.33. The first-order valence-electron chi connectivity index (χ1n) is 8.82. The SMILES string of the molecule is Cc1onc(-c2ccccc2Cl)c1C(=O)N1CCC(Oc2ncccc2Br)C1. The lowest BCUT2D eigenvalue weighted by atomic mass is 10.1. The topological polar surface area (TPSA) is 68.5 Å². The molecule has 4 rings (SSSR count). The Hall–Kier alpha value is -2.38. The predicted molar refractivity (Wildman–Crippen MR) is 109 cm³/mol. The molecule has 0 saturated carbocycles. The van der Waals surface area contributed by atoms with Crippen molar-refractivity contribution in [3.05, 3.63) is 63.4 Å². The number of amides is 1. The molecule has 1 aliphatic rings. The number of ether oxygens (including phenoxy) is 1. The first-order valence-corrected chi connectivity index (χ1v) is 9.99. The highest BCUT2D eigenvalue weighted by molar-refractivity contribution is 9.10. The third-order valence-electron chi connectivity index (χ3n) is 4.64. The van der Waals surface area contributed by atoms with Crippen molar-refractivity contribution in [2.24, 2.45) is 0 Å². The molecule has 6 nitrogen and oxygen atoms in total. The molecule has 1 fully saturated rings. The van der Waals surface area contributed by atoms with Gasteiger partial charge in [-0.25, -0.2) is 4.98 Å². The second-order valence-electron chi connectivity index (χ2n) is 6.51. The Morgan fingerprint density at radius 1 is 1.32 bits per heavy atom. The quantitative estimate of drug-likeness (QED) is 0.559. The number of aromatic nitrogens is 2. The van der Waals surface area contributed by atoms with Gasteiger partial charge in [-0.2, -0.15) is 0 Å². The number of aryl methyl sites for hydroxylation is 1. The van der Waals surface area contributed by atoms with Crippen LogP contribution in [0.15, 0.2) is 51.6 Å². The normalized spacial score (nSPS) is 16.4. The van der Waals surface area contributed by atoms with Gasteiger partial charge < -0.3 is 14.2 Å². The van der Waals surface area contributed by atoms with Crippen LogP contribution in [-0.2, 0) is 0 Å². The zero-order chi connectivity index (χ0) is 19.7. The van der Waals surface area contributed by atoms with Crippen LogP contribution in [0, 0.1) is 6.92 Å². The Labute approximate surface area is 175 Å². The van der Waals surface area contributed by atoms with E-state index in [1.165, 1.54) is 0 Å². The molecular formula is C20H17BrClN3O3. The standard InChI is InChI=1S/C20H17BrClN3O3/c1-12-17(18(24-28-12)14-5-2-3-7-16(14)22)20(26)25-10-8-13(11-25)27-19-15(21)6-4-9-23-19/h2-7,9,13H,8,10-11H2,1H3. The zero-order valence-corrected chi connectivity index (χ0v) is 17.4. The maximum absolute atomic E-state index is 13.2. The van der Waals surface area contributed by atoms with E-state index in [0.29, 0.717) is 46.6 Å². The highest BCUT2D eigenvalue weighted by atomic mass is 79.9. The fraction of sp³-hybridized carbons (Fsp3) is 0.250. The van der Waals surface area contributed by atoms with Gasteiger partial charge in [0, 0.05) is 24.7 Å². The van der Waals surface area contributed by atoms with E-state index in [2.05, 4.69) is 26.1 Å². The minimum Gasteiger partial charge on any atom is -0.472 e. The van der Waals surface area contributed by atoms with Crippen LogP contribution in [0.5, 0.6) is 5.88 Å². The van der Waals surface area contributed by atoms with Crippen molar-refractivity contribution >= 4 is 33.4 Å². The maximum Gasteiger partial charge on any atom is 0.259 e. The molecule has 1 saturated heterocycles. The molecule has 0 radical (unpaired) electrons. The highest BCUT2D eigenvalue weighted by Crippen LogP contribution is 2.32. The monoisotopic (exact) mass is 461 g/mol. The predicted octanol–water partition coefficient (Wildman–Crippen LogP) is 4.75. The van der Waals surface area contributed by atoms with Gasteiger partial charge in [0.1, 0.15) is 23.1 Å². The summed E-state index contributed by atoms with van der Waals surface area (Å²) in [4.78, 5) is 19.2. The number of hydrogen-bond donors (Lipinski definition) is 0. The first kappa shape index (κ1) is 19.0. The van der Waals surface area contributed by atoms with Gasteiger partial charge in [0.05, 0.1) is 16.0 Å². The molecule has 28 heavy (non-hydrogen) atoms. The summed E-state index contributed by atoms with van der Waals surface area (Å²) in [5.41, 5.74) is 1.58. The summed E-state index contributed by atoms with van der Waals surface area (Å²) in [6.45, 7) is 2.78. The van der Waals surface area contributed by atoms with Gasteiger partial charge in [0.25, 0.3) is 5.91 Å². The summed E-state index contributed by atoms with van der Waals surface area (Å²) < 4.78 is 12.1. The third kappa shape index (κ3) is 3.64. The first-order chi connectivity index (χ1) is 13.5. The largest absolute Gasteiger partial charge is 0.472 e. The van der Waals surface area contributed by atoms with Gasteiger partial charge in [-0.05, 0) is 41.1 Å². The fourth-order valence-electron chi connectivity index (χ4n) is 3.24. The lowest BCUT2D eigenvalue weighted by Gasteiger charge is -2.17. The van der Waals surface area contributed by atoms with Gasteiger partial charge in [-0.15, -0.1) is 0 Å². The van der Waals surface area contributed by atoms with Crippen LogP contribution in [0.4, 0.5) is 0 Å². The summed E-state index contributed by atoms with van der Waals surface area (Å²) in [7, 11) is 0. The number of halogens is 2. The molecule has 0 spiro atoms. The number of hydrogen-bond acceptors (Lipinski definition) is 5.